The van der Waals surface area contributed by atoms with Gasteiger partial charge in [-0.3, -0.25) is 0 Å². The smallest absolute Gasteiger partial charge is 0.423 e. The first-order chi connectivity index (χ1) is 6.86. The summed E-state index contributed by atoms with van der Waals surface area (Å²) in [6.45, 7) is 0. The summed E-state index contributed by atoms with van der Waals surface area (Å²) in [6.07, 6.45) is -2.28. The van der Waals surface area contributed by atoms with Gasteiger partial charge in [-0.05, 0) is 12.3 Å². The SMILES string of the molecule is CSc1ncc(C(F)(F)F)cc1B(O)O. The van der Waals surface area contributed by atoms with Crippen molar-refractivity contribution in [3.8, 4) is 0 Å². The highest BCUT2D eigenvalue weighted by Gasteiger charge is 2.33. The molecule has 0 aliphatic rings. The molecule has 0 unspecified atom stereocenters. The summed E-state index contributed by atoms with van der Waals surface area (Å²) in [5.41, 5.74) is -1.24. The summed E-state index contributed by atoms with van der Waals surface area (Å²) in [5.74, 6) is 0. The zero-order valence-electron chi connectivity index (χ0n) is 7.62. The quantitative estimate of drug-likeness (QED) is 0.581. The molecule has 1 heterocycles. The van der Waals surface area contributed by atoms with Crippen LogP contribution in [0.5, 0.6) is 0 Å². The van der Waals surface area contributed by atoms with E-state index in [4.69, 9.17) is 10.0 Å². The van der Waals surface area contributed by atoms with Gasteiger partial charge in [0.05, 0.1) is 10.6 Å². The Morgan fingerprint density at radius 1 is 1.40 bits per heavy atom. The van der Waals surface area contributed by atoms with Crippen LogP contribution in [0.15, 0.2) is 17.3 Å². The molecule has 0 aliphatic carbocycles. The molecular weight excluding hydrogens is 230 g/mol. The summed E-state index contributed by atoms with van der Waals surface area (Å²) < 4.78 is 36.8. The van der Waals surface area contributed by atoms with Gasteiger partial charge in [0.1, 0.15) is 0 Å². The maximum absolute atomic E-state index is 12.3. The zero-order chi connectivity index (χ0) is 11.6. The van der Waals surface area contributed by atoms with Gasteiger partial charge in [-0.25, -0.2) is 4.98 Å². The Labute approximate surface area is 88.5 Å². The number of pyridine rings is 1. The molecule has 82 valence electrons. The van der Waals surface area contributed by atoms with Crippen molar-refractivity contribution in [2.75, 3.05) is 6.26 Å². The minimum atomic E-state index is -4.53. The van der Waals surface area contributed by atoms with Crippen LogP contribution in [0.1, 0.15) is 5.56 Å². The van der Waals surface area contributed by atoms with Crippen LogP contribution in [0.3, 0.4) is 0 Å². The fraction of sp³-hybridized carbons (Fsp3) is 0.286. The molecule has 15 heavy (non-hydrogen) atoms. The Hall–Kier alpha value is -0.725. The fourth-order valence-corrected chi connectivity index (χ4v) is 1.54. The number of alkyl halides is 3. The number of thioether (sulfide) groups is 1. The van der Waals surface area contributed by atoms with Gasteiger partial charge in [-0.1, -0.05) is 0 Å². The van der Waals surface area contributed by atoms with Crippen LogP contribution in [-0.2, 0) is 6.18 Å². The summed E-state index contributed by atoms with van der Waals surface area (Å²) in [4.78, 5) is 3.51. The maximum atomic E-state index is 12.3. The Morgan fingerprint density at radius 3 is 2.40 bits per heavy atom. The largest absolute Gasteiger partial charge is 0.491 e. The van der Waals surface area contributed by atoms with E-state index >= 15 is 0 Å². The van der Waals surface area contributed by atoms with Crippen LogP contribution in [0, 0.1) is 0 Å². The van der Waals surface area contributed by atoms with Crippen molar-refractivity contribution < 1.29 is 23.2 Å². The third kappa shape index (κ3) is 2.86. The molecule has 0 radical (unpaired) electrons. The summed E-state index contributed by atoms with van der Waals surface area (Å²) in [6, 6.07) is 0.684. The molecule has 0 saturated heterocycles. The van der Waals surface area contributed by atoms with Gasteiger partial charge in [-0.2, -0.15) is 13.2 Å². The molecule has 0 saturated carbocycles. The molecule has 3 nitrogen and oxygen atoms in total. The highest BCUT2D eigenvalue weighted by atomic mass is 32.2. The Balaban J connectivity index is 3.22. The molecule has 0 fully saturated rings. The van der Waals surface area contributed by atoms with Gasteiger partial charge in [-0.15, -0.1) is 11.8 Å². The predicted molar refractivity (Wildman–Crippen MR) is 50.8 cm³/mol. The number of halogens is 3. The van der Waals surface area contributed by atoms with E-state index in [2.05, 4.69) is 4.98 Å². The number of aromatic nitrogens is 1. The third-order valence-corrected chi connectivity index (χ3v) is 2.41. The lowest BCUT2D eigenvalue weighted by molar-refractivity contribution is -0.137. The Kier molecular flexibility index (Phi) is 3.64. The lowest BCUT2D eigenvalue weighted by atomic mass is 9.81. The number of hydrogen-bond donors (Lipinski definition) is 2. The summed E-state index contributed by atoms with van der Waals surface area (Å²) in [5, 5.41) is 17.9. The second-order valence-corrected chi connectivity index (χ2v) is 3.49. The standard InChI is InChI=1S/C7H7BF3NO2S/c1-15-6-5(8(13)14)2-4(3-12-6)7(9,10)11/h2-3,13-14H,1H3. The van der Waals surface area contributed by atoms with Crippen LogP contribution in [-0.4, -0.2) is 28.4 Å². The van der Waals surface area contributed by atoms with Gasteiger partial charge in [0.15, 0.2) is 0 Å². The normalized spacial score (nSPS) is 11.6. The molecule has 8 heteroatoms. The van der Waals surface area contributed by atoms with E-state index in [9.17, 15) is 13.2 Å². The van der Waals surface area contributed by atoms with E-state index in [0.717, 1.165) is 11.8 Å². The molecule has 0 bridgehead atoms. The second kappa shape index (κ2) is 4.42. The third-order valence-electron chi connectivity index (χ3n) is 1.68. The van der Waals surface area contributed by atoms with Crippen LogP contribution in [0.4, 0.5) is 13.2 Å². The molecule has 0 aromatic carbocycles. The average Bonchev–Trinajstić information content (AvgIpc) is 2.15. The van der Waals surface area contributed by atoms with E-state index < -0.39 is 18.9 Å². The van der Waals surface area contributed by atoms with E-state index in [0.29, 0.717) is 12.3 Å². The number of hydrogen-bond acceptors (Lipinski definition) is 4. The van der Waals surface area contributed by atoms with Crippen LogP contribution >= 0.6 is 11.8 Å². The molecule has 0 spiro atoms. The van der Waals surface area contributed by atoms with E-state index in [1.54, 1.807) is 6.26 Å². The highest BCUT2D eigenvalue weighted by molar-refractivity contribution is 7.98. The topological polar surface area (TPSA) is 53.4 Å². The van der Waals surface area contributed by atoms with E-state index in [1.165, 1.54) is 0 Å². The average molecular weight is 237 g/mol. The van der Waals surface area contributed by atoms with Crippen molar-refractivity contribution in [3.05, 3.63) is 17.8 Å². The van der Waals surface area contributed by atoms with Gasteiger partial charge >= 0.3 is 13.3 Å². The minimum absolute atomic E-state index is 0.165. The Bertz CT molecular complexity index is 359. The Morgan fingerprint density at radius 2 is 2.00 bits per heavy atom. The molecule has 0 atom stereocenters. The van der Waals surface area contributed by atoms with Gasteiger partial charge in [0.25, 0.3) is 0 Å². The van der Waals surface area contributed by atoms with Crippen molar-refractivity contribution in [1.82, 2.24) is 4.98 Å². The molecule has 2 N–H and O–H groups in total. The zero-order valence-corrected chi connectivity index (χ0v) is 8.43. The lowest BCUT2D eigenvalue weighted by Gasteiger charge is -2.10. The van der Waals surface area contributed by atoms with Gasteiger partial charge < -0.3 is 10.0 Å². The molecule has 1 aromatic rings. The lowest BCUT2D eigenvalue weighted by Crippen LogP contribution is -2.33. The fourth-order valence-electron chi connectivity index (χ4n) is 0.980. The van der Waals surface area contributed by atoms with E-state index in [1.807, 2.05) is 0 Å². The van der Waals surface area contributed by atoms with Crippen LogP contribution in [0.25, 0.3) is 0 Å². The van der Waals surface area contributed by atoms with Crippen molar-refractivity contribution in [3.63, 3.8) is 0 Å². The molecule has 1 aromatic heterocycles. The second-order valence-electron chi connectivity index (χ2n) is 2.69. The molecule has 0 aliphatic heterocycles. The van der Waals surface area contributed by atoms with Crippen LogP contribution < -0.4 is 5.46 Å². The van der Waals surface area contributed by atoms with Gasteiger partial charge in [0, 0.05) is 11.7 Å². The first-order valence-electron chi connectivity index (χ1n) is 3.83. The maximum Gasteiger partial charge on any atom is 0.491 e. The van der Waals surface area contributed by atoms with Crippen molar-refractivity contribution >= 4 is 24.3 Å². The highest BCUT2D eigenvalue weighted by Crippen LogP contribution is 2.28. The monoisotopic (exact) mass is 237 g/mol. The summed E-state index contributed by atoms with van der Waals surface area (Å²) in [7, 11) is -1.96. The molecular formula is C7H7BF3NO2S. The van der Waals surface area contributed by atoms with Crippen molar-refractivity contribution in [2.45, 2.75) is 11.2 Å². The van der Waals surface area contributed by atoms with Crippen LogP contribution in [0.2, 0.25) is 0 Å². The first-order valence-corrected chi connectivity index (χ1v) is 5.06. The first kappa shape index (κ1) is 12.3. The van der Waals surface area contributed by atoms with Crippen molar-refractivity contribution in [1.29, 1.82) is 0 Å². The predicted octanol–water partition coefficient (Wildman–Crippen LogP) is 0.502. The van der Waals surface area contributed by atoms with E-state index in [-0.39, 0.29) is 10.5 Å². The number of nitrogens with zero attached hydrogens (tertiary/aromatic N) is 1. The molecule has 0 amide bonds. The van der Waals surface area contributed by atoms with Crippen molar-refractivity contribution in [2.24, 2.45) is 0 Å². The molecule has 1 rings (SSSR count). The number of rotatable bonds is 2. The van der Waals surface area contributed by atoms with Gasteiger partial charge in [0.2, 0.25) is 0 Å². The minimum Gasteiger partial charge on any atom is -0.423 e. The summed E-state index contributed by atoms with van der Waals surface area (Å²) >= 11 is 1.04.